The molecule has 19 heavy (non-hydrogen) atoms. The molecule has 0 aromatic heterocycles. The Balaban J connectivity index is 2.35. The van der Waals surface area contributed by atoms with Crippen molar-refractivity contribution < 1.29 is 4.92 Å². The Kier molecular flexibility index (Phi) is 4.29. The number of benzene rings is 2. The maximum Gasteiger partial charge on any atom is 0.270 e. The van der Waals surface area contributed by atoms with Crippen LogP contribution < -0.4 is 0 Å². The minimum Gasteiger partial charge on any atom is -0.258 e. The van der Waals surface area contributed by atoms with E-state index in [4.69, 9.17) is 11.6 Å². The molecule has 2 aromatic carbocycles. The van der Waals surface area contributed by atoms with Gasteiger partial charge in [-0.25, -0.2) is 0 Å². The van der Waals surface area contributed by atoms with Crippen LogP contribution in [0.4, 0.5) is 11.4 Å². The summed E-state index contributed by atoms with van der Waals surface area (Å²) < 4.78 is 0.841. The van der Waals surface area contributed by atoms with Gasteiger partial charge in [-0.15, -0.1) is 0 Å². The zero-order valence-electron chi connectivity index (χ0n) is 9.59. The first-order valence-electron chi connectivity index (χ1n) is 5.30. The van der Waals surface area contributed by atoms with E-state index in [0.717, 1.165) is 10.2 Å². The molecular formula is C13H8BrClN2O2. The summed E-state index contributed by atoms with van der Waals surface area (Å²) in [4.78, 5) is 14.5. The molecular weight excluding hydrogens is 332 g/mol. The van der Waals surface area contributed by atoms with Gasteiger partial charge in [0, 0.05) is 33.4 Å². The summed E-state index contributed by atoms with van der Waals surface area (Å²) in [6.07, 6.45) is 1.51. The third kappa shape index (κ3) is 3.39. The average Bonchev–Trinajstić information content (AvgIpc) is 2.39. The number of aliphatic imine (C=N–C) groups is 1. The lowest BCUT2D eigenvalue weighted by molar-refractivity contribution is -0.384. The molecule has 0 unspecified atom stereocenters. The normalized spacial score (nSPS) is 10.8. The van der Waals surface area contributed by atoms with E-state index in [2.05, 4.69) is 20.9 Å². The first kappa shape index (κ1) is 13.7. The Labute approximate surface area is 123 Å². The van der Waals surface area contributed by atoms with Crippen LogP contribution in [0.5, 0.6) is 0 Å². The Morgan fingerprint density at radius 2 is 2.00 bits per heavy atom. The van der Waals surface area contributed by atoms with Crippen LogP contribution in [0, 0.1) is 10.1 Å². The Morgan fingerprint density at radius 1 is 1.26 bits per heavy atom. The lowest BCUT2D eigenvalue weighted by atomic mass is 10.2. The SMILES string of the molecule is O=[N+]([O-])c1ccc(Cl)c(C=Nc2ccccc2Br)c1. The molecule has 6 heteroatoms. The van der Waals surface area contributed by atoms with E-state index in [1.54, 1.807) is 0 Å². The number of para-hydroxylation sites is 1. The third-order valence-electron chi connectivity index (χ3n) is 2.39. The molecule has 0 saturated carbocycles. The summed E-state index contributed by atoms with van der Waals surface area (Å²) in [6.45, 7) is 0. The topological polar surface area (TPSA) is 55.5 Å². The van der Waals surface area contributed by atoms with Crippen LogP contribution in [0.3, 0.4) is 0 Å². The van der Waals surface area contributed by atoms with E-state index in [0.29, 0.717) is 10.6 Å². The molecule has 0 spiro atoms. The van der Waals surface area contributed by atoms with Gasteiger partial charge in [-0.3, -0.25) is 15.1 Å². The smallest absolute Gasteiger partial charge is 0.258 e. The molecule has 0 N–H and O–H groups in total. The molecule has 2 aromatic rings. The minimum absolute atomic E-state index is 0.0158. The van der Waals surface area contributed by atoms with Crippen LogP contribution in [0.15, 0.2) is 51.9 Å². The van der Waals surface area contributed by atoms with Crippen LogP contribution in [-0.4, -0.2) is 11.1 Å². The molecule has 96 valence electrons. The summed E-state index contributed by atoms with van der Waals surface area (Å²) in [5.74, 6) is 0. The minimum atomic E-state index is -0.466. The van der Waals surface area contributed by atoms with Gasteiger partial charge in [0.05, 0.1) is 10.6 Å². The highest BCUT2D eigenvalue weighted by atomic mass is 79.9. The van der Waals surface area contributed by atoms with E-state index < -0.39 is 4.92 Å². The molecule has 0 fully saturated rings. The predicted octanol–water partition coefficient (Wildman–Crippen LogP) is 4.76. The quantitative estimate of drug-likeness (QED) is 0.460. The van der Waals surface area contributed by atoms with E-state index in [9.17, 15) is 10.1 Å². The first-order chi connectivity index (χ1) is 9.08. The van der Waals surface area contributed by atoms with E-state index in [-0.39, 0.29) is 5.69 Å². The van der Waals surface area contributed by atoms with Crippen molar-refractivity contribution in [2.75, 3.05) is 0 Å². The number of halogens is 2. The second-order valence-corrected chi connectivity index (χ2v) is 4.93. The fourth-order valence-electron chi connectivity index (χ4n) is 1.44. The molecule has 0 amide bonds. The number of hydrogen-bond donors (Lipinski definition) is 0. The molecule has 0 saturated heterocycles. The highest BCUT2D eigenvalue weighted by Crippen LogP contribution is 2.25. The second-order valence-electron chi connectivity index (χ2n) is 3.67. The molecule has 0 heterocycles. The number of nitrogens with zero attached hydrogens (tertiary/aromatic N) is 2. The van der Waals surface area contributed by atoms with Crippen molar-refractivity contribution in [1.82, 2.24) is 0 Å². The van der Waals surface area contributed by atoms with Gasteiger partial charge in [0.25, 0.3) is 5.69 Å². The molecule has 2 rings (SSSR count). The summed E-state index contributed by atoms with van der Waals surface area (Å²) in [5, 5.41) is 11.1. The number of rotatable bonds is 3. The van der Waals surface area contributed by atoms with Gasteiger partial charge in [0.1, 0.15) is 0 Å². The van der Waals surface area contributed by atoms with Crippen LogP contribution in [-0.2, 0) is 0 Å². The van der Waals surface area contributed by atoms with Crippen molar-refractivity contribution in [3.05, 3.63) is 67.6 Å². The molecule has 0 aliphatic rings. The Hall–Kier alpha value is -1.72. The van der Waals surface area contributed by atoms with Crippen molar-refractivity contribution in [3.63, 3.8) is 0 Å². The predicted molar refractivity (Wildman–Crippen MR) is 79.5 cm³/mol. The zero-order chi connectivity index (χ0) is 13.8. The molecule has 0 aliphatic heterocycles. The Morgan fingerprint density at radius 3 is 2.68 bits per heavy atom. The van der Waals surface area contributed by atoms with Gasteiger partial charge in [-0.1, -0.05) is 23.7 Å². The number of hydrogen-bond acceptors (Lipinski definition) is 3. The first-order valence-corrected chi connectivity index (χ1v) is 6.47. The van der Waals surface area contributed by atoms with Gasteiger partial charge >= 0.3 is 0 Å². The highest BCUT2D eigenvalue weighted by molar-refractivity contribution is 9.10. The van der Waals surface area contributed by atoms with Crippen LogP contribution in [0.25, 0.3) is 0 Å². The fraction of sp³-hybridized carbons (Fsp3) is 0. The van der Waals surface area contributed by atoms with E-state index in [1.165, 1.54) is 24.4 Å². The largest absolute Gasteiger partial charge is 0.270 e. The fourth-order valence-corrected chi connectivity index (χ4v) is 1.99. The van der Waals surface area contributed by atoms with Gasteiger partial charge < -0.3 is 0 Å². The van der Waals surface area contributed by atoms with Crippen molar-refractivity contribution in [2.24, 2.45) is 4.99 Å². The van der Waals surface area contributed by atoms with Gasteiger partial charge in [-0.05, 0) is 34.1 Å². The van der Waals surface area contributed by atoms with Crippen molar-refractivity contribution >= 4 is 45.1 Å². The summed E-state index contributed by atoms with van der Waals surface area (Å²) in [7, 11) is 0. The standard InChI is InChI=1S/C13H8BrClN2O2/c14-11-3-1-2-4-13(11)16-8-9-7-10(17(18)19)5-6-12(9)15/h1-8H. The van der Waals surface area contributed by atoms with E-state index >= 15 is 0 Å². The Bertz CT molecular complexity index is 659. The summed E-state index contributed by atoms with van der Waals surface area (Å²) in [6, 6.07) is 11.7. The maximum atomic E-state index is 10.7. The van der Waals surface area contributed by atoms with Crippen molar-refractivity contribution in [3.8, 4) is 0 Å². The summed E-state index contributed by atoms with van der Waals surface area (Å²) >= 11 is 9.35. The maximum absolute atomic E-state index is 10.7. The molecule has 4 nitrogen and oxygen atoms in total. The van der Waals surface area contributed by atoms with Crippen LogP contribution >= 0.6 is 27.5 Å². The highest BCUT2D eigenvalue weighted by Gasteiger charge is 2.08. The molecule has 0 aliphatic carbocycles. The summed E-state index contributed by atoms with van der Waals surface area (Å²) in [5.41, 5.74) is 1.22. The van der Waals surface area contributed by atoms with Crippen molar-refractivity contribution in [2.45, 2.75) is 0 Å². The lowest BCUT2D eigenvalue weighted by Crippen LogP contribution is -1.90. The second kappa shape index (κ2) is 5.95. The third-order valence-corrected chi connectivity index (χ3v) is 3.40. The lowest BCUT2D eigenvalue weighted by Gasteiger charge is -1.99. The molecule has 0 atom stereocenters. The number of nitro benzene ring substituents is 1. The number of non-ortho nitro benzene ring substituents is 1. The monoisotopic (exact) mass is 338 g/mol. The number of nitro groups is 1. The van der Waals surface area contributed by atoms with Gasteiger partial charge in [0.15, 0.2) is 0 Å². The van der Waals surface area contributed by atoms with Gasteiger partial charge in [-0.2, -0.15) is 0 Å². The van der Waals surface area contributed by atoms with E-state index in [1.807, 2.05) is 24.3 Å². The van der Waals surface area contributed by atoms with Crippen LogP contribution in [0.1, 0.15) is 5.56 Å². The average molecular weight is 340 g/mol. The van der Waals surface area contributed by atoms with Crippen LogP contribution in [0.2, 0.25) is 5.02 Å². The molecule has 0 bridgehead atoms. The van der Waals surface area contributed by atoms with Crippen molar-refractivity contribution in [1.29, 1.82) is 0 Å². The van der Waals surface area contributed by atoms with Gasteiger partial charge in [0.2, 0.25) is 0 Å². The molecule has 0 radical (unpaired) electrons. The zero-order valence-corrected chi connectivity index (χ0v) is 11.9.